The number of nitrogens with one attached hydrogen (secondary N) is 2. The molecular weight excluding hydrogens is 395 g/mol. The summed E-state index contributed by atoms with van der Waals surface area (Å²) in [6.07, 6.45) is 5.17. The average molecular weight is 425 g/mol. The minimum Gasteiger partial charge on any atom is -0.356 e. The number of hydrogen-bond acceptors (Lipinski definition) is 5. The van der Waals surface area contributed by atoms with Crippen molar-refractivity contribution in [2.75, 3.05) is 24.8 Å². The number of halogens is 1. The molecule has 0 saturated heterocycles. The van der Waals surface area contributed by atoms with Gasteiger partial charge in [-0.05, 0) is 54.9 Å². The molecule has 0 fully saturated rings. The maximum Gasteiger partial charge on any atom is 0.191 e. The van der Waals surface area contributed by atoms with Crippen molar-refractivity contribution in [2.45, 2.75) is 32.2 Å². The Hall–Kier alpha value is -1.74. The van der Waals surface area contributed by atoms with Crippen molar-refractivity contribution < 1.29 is 4.39 Å². The van der Waals surface area contributed by atoms with Crippen molar-refractivity contribution >= 4 is 29.5 Å². The van der Waals surface area contributed by atoms with Gasteiger partial charge in [-0.25, -0.2) is 9.38 Å². The molecular formula is C19H29FN6S2. The molecule has 2 rings (SSSR count). The fourth-order valence-corrected chi connectivity index (χ4v) is 3.58. The van der Waals surface area contributed by atoms with E-state index >= 15 is 0 Å². The molecule has 28 heavy (non-hydrogen) atoms. The second-order valence-electron chi connectivity index (χ2n) is 6.36. The molecule has 9 heteroatoms. The second-order valence-corrected chi connectivity index (χ2v) is 8.21. The van der Waals surface area contributed by atoms with Crippen molar-refractivity contribution in [3.63, 3.8) is 0 Å². The van der Waals surface area contributed by atoms with E-state index < -0.39 is 0 Å². The van der Waals surface area contributed by atoms with E-state index in [9.17, 15) is 4.39 Å². The number of hydrogen-bond donors (Lipinski definition) is 2. The Morgan fingerprint density at radius 2 is 2.00 bits per heavy atom. The molecule has 0 unspecified atom stereocenters. The van der Waals surface area contributed by atoms with E-state index in [4.69, 9.17) is 4.99 Å². The monoisotopic (exact) mass is 424 g/mol. The minimum atomic E-state index is -0.206. The van der Waals surface area contributed by atoms with Gasteiger partial charge in [-0.3, -0.25) is 0 Å². The Labute approximate surface area is 175 Å². The molecule has 2 N–H and O–H groups in total. The summed E-state index contributed by atoms with van der Waals surface area (Å²) in [6, 6.07) is 4.92. The topological polar surface area (TPSA) is 67.1 Å². The van der Waals surface area contributed by atoms with Crippen LogP contribution in [0.5, 0.6) is 0 Å². The fraction of sp³-hybridized carbons (Fsp3) is 0.526. The molecule has 154 valence electrons. The van der Waals surface area contributed by atoms with Gasteiger partial charge in [0.2, 0.25) is 0 Å². The molecule has 0 aliphatic heterocycles. The number of benzene rings is 1. The Morgan fingerprint density at radius 1 is 1.18 bits per heavy atom. The van der Waals surface area contributed by atoms with Crippen LogP contribution >= 0.6 is 23.5 Å². The zero-order valence-corrected chi connectivity index (χ0v) is 18.6. The van der Waals surface area contributed by atoms with Crippen molar-refractivity contribution in [1.82, 2.24) is 25.4 Å². The van der Waals surface area contributed by atoms with E-state index in [0.29, 0.717) is 13.1 Å². The summed E-state index contributed by atoms with van der Waals surface area (Å²) < 4.78 is 15.5. The van der Waals surface area contributed by atoms with Gasteiger partial charge in [0, 0.05) is 19.3 Å². The first kappa shape index (κ1) is 22.5. The number of aryl methyl sites for hydroxylation is 1. The summed E-state index contributed by atoms with van der Waals surface area (Å²) in [6.45, 7) is 3.79. The largest absolute Gasteiger partial charge is 0.356 e. The zero-order chi connectivity index (χ0) is 20.4. The summed E-state index contributed by atoms with van der Waals surface area (Å²) in [4.78, 5) is 4.71. The SMILES string of the molecule is CSCCCNC(=NCc1ccc(F)cc1CSC)NCc1nnc(C)n1C. The lowest BCUT2D eigenvalue weighted by atomic mass is 10.1. The number of thioether (sulfide) groups is 2. The molecule has 0 aliphatic rings. The van der Waals surface area contributed by atoms with Crippen LogP contribution in [0, 0.1) is 12.7 Å². The van der Waals surface area contributed by atoms with Crippen LogP contribution < -0.4 is 10.6 Å². The third-order valence-corrected chi connectivity index (χ3v) is 5.59. The van der Waals surface area contributed by atoms with Crippen LogP contribution in [0.25, 0.3) is 0 Å². The molecule has 6 nitrogen and oxygen atoms in total. The standard InChI is InChI=1S/C19H29FN6S2/c1-14-24-25-18(26(14)2)12-23-19(21-8-5-9-27-3)22-11-15-6-7-17(20)10-16(15)13-28-4/h6-7,10H,5,8-9,11-13H2,1-4H3,(H2,21,22,23). The smallest absolute Gasteiger partial charge is 0.191 e. The highest BCUT2D eigenvalue weighted by Gasteiger charge is 2.08. The number of guanidine groups is 1. The maximum absolute atomic E-state index is 13.6. The first-order valence-corrected chi connectivity index (χ1v) is 12.0. The van der Waals surface area contributed by atoms with Gasteiger partial charge in [0.25, 0.3) is 0 Å². The summed E-state index contributed by atoms with van der Waals surface area (Å²) >= 11 is 3.50. The van der Waals surface area contributed by atoms with Crippen molar-refractivity contribution in [1.29, 1.82) is 0 Å². The lowest BCUT2D eigenvalue weighted by molar-refractivity contribution is 0.625. The van der Waals surface area contributed by atoms with Gasteiger partial charge in [0.1, 0.15) is 11.6 Å². The van der Waals surface area contributed by atoms with Crippen molar-refractivity contribution in [3.8, 4) is 0 Å². The van der Waals surface area contributed by atoms with Gasteiger partial charge >= 0.3 is 0 Å². The summed E-state index contributed by atoms with van der Waals surface area (Å²) in [5.74, 6) is 4.10. The van der Waals surface area contributed by atoms with Crippen LogP contribution in [0.15, 0.2) is 23.2 Å². The first-order valence-electron chi connectivity index (χ1n) is 9.17. The highest BCUT2D eigenvalue weighted by atomic mass is 32.2. The van der Waals surface area contributed by atoms with E-state index in [1.165, 1.54) is 6.07 Å². The maximum atomic E-state index is 13.6. The van der Waals surface area contributed by atoms with Crippen LogP contribution in [-0.4, -0.2) is 45.5 Å². The van der Waals surface area contributed by atoms with Gasteiger partial charge in [0.05, 0.1) is 13.1 Å². The zero-order valence-electron chi connectivity index (χ0n) is 17.0. The molecule has 0 spiro atoms. The molecule has 1 aromatic heterocycles. The summed E-state index contributed by atoms with van der Waals surface area (Å²) in [5, 5.41) is 15.0. The Balaban J connectivity index is 2.07. The van der Waals surface area contributed by atoms with Crippen molar-refractivity contribution in [3.05, 3.63) is 46.8 Å². The van der Waals surface area contributed by atoms with E-state index in [1.807, 2.05) is 42.6 Å². The molecule has 0 bridgehead atoms. The molecule has 0 aliphatic carbocycles. The molecule has 0 radical (unpaired) electrons. The highest BCUT2D eigenvalue weighted by Crippen LogP contribution is 2.17. The van der Waals surface area contributed by atoms with E-state index in [0.717, 1.165) is 53.2 Å². The van der Waals surface area contributed by atoms with Gasteiger partial charge < -0.3 is 15.2 Å². The summed E-state index contributed by atoms with van der Waals surface area (Å²) in [7, 11) is 1.95. The molecule has 2 aromatic rings. The van der Waals surface area contributed by atoms with Gasteiger partial charge in [-0.2, -0.15) is 23.5 Å². The number of rotatable bonds is 10. The summed E-state index contributed by atoms with van der Waals surface area (Å²) in [5.41, 5.74) is 2.03. The molecule has 1 aromatic carbocycles. The van der Waals surface area contributed by atoms with Crippen LogP contribution in [0.3, 0.4) is 0 Å². The normalized spacial score (nSPS) is 11.7. The van der Waals surface area contributed by atoms with E-state index in [-0.39, 0.29) is 5.82 Å². The Bertz CT molecular complexity index is 778. The van der Waals surface area contributed by atoms with Gasteiger partial charge in [-0.15, -0.1) is 10.2 Å². The average Bonchev–Trinajstić information content (AvgIpc) is 3.00. The van der Waals surface area contributed by atoms with E-state index in [2.05, 4.69) is 27.1 Å². The number of nitrogens with zero attached hydrogens (tertiary/aromatic N) is 4. The fourth-order valence-electron chi connectivity index (χ4n) is 2.57. The van der Waals surface area contributed by atoms with Crippen molar-refractivity contribution in [2.24, 2.45) is 12.0 Å². The van der Waals surface area contributed by atoms with Gasteiger partial charge in [-0.1, -0.05) is 6.07 Å². The Kier molecular flexibility index (Phi) is 9.63. The third kappa shape index (κ3) is 7.01. The lowest BCUT2D eigenvalue weighted by Gasteiger charge is -2.13. The molecule has 0 amide bonds. The first-order chi connectivity index (χ1) is 13.5. The molecule has 0 saturated carbocycles. The Morgan fingerprint density at radius 3 is 2.68 bits per heavy atom. The minimum absolute atomic E-state index is 0.206. The van der Waals surface area contributed by atoms with Crippen LogP contribution in [0.2, 0.25) is 0 Å². The predicted octanol–water partition coefficient (Wildman–Crippen LogP) is 3.11. The van der Waals surface area contributed by atoms with Crippen LogP contribution in [0.4, 0.5) is 4.39 Å². The lowest BCUT2D eigenvalue weighted by Crippen LogP contribution is -2.38. The van der Waals surface area contributed by atoms with Crippen LogP contribution in [0.1, 0.15) is 29.2 Å². The van der Waals surface area contributed by atoms with Gasteiger partial charge in [0.15, 0.2) is 11.8 Å². The van der Waals surface area contributed by atoms with Crippen LogP contribution in [-0.2, 0) is 25.9 Å². The molecule has 0 atom stereocenters. The number of aliphatic imine (C=N–C) groups is 1. The third-order valence-electron chi connectivity index (χ3n) is 4.29. The predicted molar refractivity (Wildman–Crippen MR) is 118 cm³/mol. The highest BCUT2D eigenvalue weighted by molar-refractivity contribution is 7.98. The number of aromatic nitrogens is 3. The second kappa shape index (κ2) is 12.0. The van der Waals surface area contributed by atoms with E-state index in [1.54, 1.807) is 17.8 Å². The molecule has 1 heterocycles. The quantitative estimate of drug-likeness (QED) is 0.347.